The molecule has 3 aliphatic heterocycles. The molecule has 1 aliphatic carbocycles. The number of allylic oxidation sites excluding steroid dienone is 5. The normalized spacial score (nSPS) is 27.4. The fourth-order valence-electron chi connectivity index (χ4n) is 8.98. The second kappa shape index (κ2) is 31.4. The van der Waals surface area contributed by atoms with Crippen molar-refractivity contribution in [2.45, 2.75) is 133 Å². The number of hydrogen-bond donors (Lipinski definition) is 7. The number of benzene rings is 1. The average molecular weight is 1120 g/mol. The van der Waals surface area contributed by atoms with Gasteiger partial charge >= 0.3 is 18.2 Å². The molecule has 4 bridgehead atoms. The average Bonchev–Trinajstić information content (AvgIpc) is 4.24. The summed E-state index contributed by atoms with van der Waals surface area (Å²) in [5.74, 6) is -3.16. The summed E-state index contributed by atoms with van der Waals surface area (Å²) in [7, 11) is 4.19. The first-order valence-corrected chi connectivity index (χ1v) is 26.9. The number of epoxide rings is 1. The predicted octanol–water partition coefficient (Wildman–Crippen LogP) is 2.62. The molecule has 25 heteroatoms. The zero-order valence-electron chi connectivity index (χ0n) is 45.4. The van der Waals surface area contributed by atoms with E-state index in [-0.39, 0.29) is 67.3 Å². The van der Waals surface area contributed by atoms with E-state index in [0.29, 0.717) is 64.8 Å². The molecule has 2 fully saturated rings. The third-order valence-corrected chi connectivity index (χ3v) is 14.1. The Balaban J connectivity index is 1.02. The first kappa shape index (κ1) is 63.4. The molecule has 1 aromatic rings. The van der Waals surface area contributed by atoms with E-state index in [2.05, 4.69) is 28.1 Å². The highest BCUT2D eigenvalue weighted by Gasteiger charge is 2.65. The monoisotopic (exact) mass is 1120 g/mol. The number of esters is 1. The van der Waals surface area contributed by atoms with Crippen LogP contribution in [0.2, 0.25) is 5.02 Å². The topological polar surface area (TPSA) is 324 Å². The lowest BCUT2D eigenvalue weighted by Gasteiger charge is -2.41. The van der Waals surface area contributed by atoms with Crippen molar-refractivity contribution in [1.29, 1.82) is 0 Å². The SMILES string of the molecule is COc1cc2cc(c1Cl)N(C)C(=O)C[C@H](OC(=O)[C@H](N)N(C)C(=O)CCCC(=O)NCCOCCOCCOCCOCCNC(=O)OC1CC/C=C/CCC1)[C@]1(N)O[C@H]1[C@H](C)[C@@H]1C[C@@](O)(NC(=O)O1)[C@H](O)/C=C/C=C(\C)C2. The van der Waals surface area contributed by atoms with Crippen LogP contribution in [-0.4, -0.2) is 186 Å². The third-order valence-electron chi connectivity index (χ3n) is 13.7. The smallest absolute Gasteiger partial charge is 0.409 e. The Labute approximate surface area is 460 Å². The number of anilines is 1. The minimum atomic E-state index is -2.16. The number of hydrogen-bond acceptors (Lipinski definition) is 19. The van der Waals surface area contributed by atoms with Gasteiger partial charge in [0.25, 0.3) is 0 Å². The van der Waals surface area contributed by atoms with Crippen LogP contribution in [0.4, 0.5) is 15.3 Å². The van der Waals surface area contributed by atoms with Gasteiger partial charge in [-0.3, -0.25) is 25.4 Å². The van der Waals surface area contributed by atoms with E-state index in [0.717, 1.165) is 42.6 Å². The van der Waals surface area contributed by atoms with E-state index in [9.17, 15) is 39.0 Å². The van der Waals surface area contributed by atoms with Gasteiger partial charge in [0.2, 0.25) is 17.7 Å². The number of aliphatic hydroxyl groups excluding tert-OH is 1. The highest BCUT2D eigenvalue weighted by atomic mass is 35.5. The molecule has 9 atom stereocenters. The minimum absolute atomic E-state index is 0.00349. The van der Waals surface area contributed by atoms with Gasteiger partial charge in [-0.25, -0.2) is 14.4 Å². The number of aliphatic hydroxyl groups is 2. The Bertz CT molecular complexity index is 2270. The van der Waals surface area contributed by atoms with E-state index >= 15 is 0 Å². The maximum atomic E-state index is 14.2. The summed E-state index contributed by atoms with van der Waals surface area (Å²) in [4.78, 5) is 80.8. The Morgan fingerprint density at radius 1 is 0.962 bits per heavy atom. The maximum Gasteiger partial charge on any atom is 0.409 e. The van der Waals surface area contributed by atoms with Crippen molar-refractivity contribution in [3.63, 3.8) is 0 Å². The zero-order valence-corrected chi connectivity index (χ0v) is 46.1. The molecule has 3 heterocycles. The van der Waals surface area contributed by atoms with Gasteiger partial charge in [0.05, 0.1) is 72.1 Å². The Kier molecular flexibility index (Phi) is 25.5. The Hall–Kier alpha value is -5.41. The largest absolute Gasteiger partial charge is 0.495 e. The summed E-state index contributed by atoms with van der Waals surface area (Å²) in [5, 5.41) is 30.4. The third kappa shape index (κ3) is 19.4. The molecule has 0 radical (unpaired) electrons. The summed E-state index contributed by atoms with van der Waals surface area (Å²) in [6.07, 6.45) is 4.56. The predicted molar refractivity (Wildman–Crippen MR) is 284 cm³/mol. The van der Waals surface area contributed by atoms with Gasteiger partial charge in [0.1, 0.15) is 35.2 Å². The standard InChI is InChI=1S/C53H80ClN7O17/c1-34-13-11-16-41(62)52(69)33-40(76-51(68)59-52)35(2)47-53(56,78-47)42(32-45(65)60(3)38-30-36(29-34)31-39(70-5)46(38)54)77-49(66)48(55)61(4)44(64)18-12-17-43(63)57-19-21-71-23-25-73-27-28-74-26-24-72-22-20-58-50(67)75-37-14-9-7-6-8-10-15-37/h6-7,11,13,16,30-31,35,37,40-42,47-48,62,69H,8-10,12,14-15,17-29,32-33,55-56H2,1-5H3,(H,57,63)(H,58,67)(H,59,68)/b7-6+,16-11+,34-13+/t35-,37?,40+,41-,42+,47+,48-,52+,53+/m1/s1. The molecule has 0 aromatic heterocycles. The number of fused-ring (bicyclic) bond motifs is 5. The molecule has 436 valence electrons. The van der Waals surface area contributed by atoms with Crippen molar-refractivity contribution >= 4 is 53.2 Å². The van der Waals surface area contributed by atoms with Crippen LogP contribution < -0.4 is 37.1 Å². The first-order chi connectivity index (χ1) is 37.3. The number of carbonyl (C=O) groups is 6. The quantitative estimate of drug-likeness (QED) is 0.0195. The van der Waals surface area contributed by atoms with Crippen LogP contribution in [0.3, 0.4) is 0 Å². The first-order valence-electron chi connectivity index (χ1n) is 26.5. The van der Waals surface area contributed by atoms with Crippen molar-refractivity contribution in [2.75, 3.05) is 92.0 Å². The summed E-state index contributed by atoms with van der Waals surface area (Å²) < 4.78 is 50.4. The molecule has 0 spiro atoms. The zero-order chi connectivity index (χ0) is 56.8. The van der Waals surface area contributed by atoms with Crippen molar-refractivity contribution in [3.8, 4) is 5.75 Å². The van der Waals surface area contributed by atoms with Gasteiger partial charge in [-0.2, -0.15) is 0 Å². The van der Waals surface area contributed by atoms with E-state index in [1.807, 2.05) is 6.92 Å². The number of carbonyl (C=O) groups excluding carboxylic acids is 6. The molecule has 0 saturated carbocycles. The highest BCUT2D eigenvalue weighted by molar-refractivity contribution is 6.35. The molecule has 5 rings (SSSR count). The van der Waals surface area contributed by atoms with Gasteiger partial charge < -0.3 is 79.0 Å². The highest BCUT2D eigenvalue weighted by Crippen LogP contribution is 2.46. The number of methoxy groups -OCH3 is 1. The number of likely N-dealkylation sites (N-methyl/N-ethyl adjacent to an activating group) is 1. The number of nitrogens with two attached hydrogens (primary N) is 2. The summed E-state index contributed by atoms with van der Waals surface area (Å²) in [6.45, 7) is 6.66. The van der Waals surface area contributed by atoms with Crippen LogP contribution in [-0.2, 0) is 63.5 Å². The van der Waals surface area contributed by atoms with E-state index in [4.69, 9.17) is 65.7 Å². The number of ether oxygens (including phenoxy) is 9. The molecule has 78 heavy (non-hydrogen) atoms. The molecule has 1 unspecified atom stereocenters. The van der Waals surface area contributed by atoms with Crippen LogP contribution in [0.25, 0.3) is 0 Å². The summed E-state index contributed by atoms with van der Waals surface area (Å²) >= 11 is 6.74. The fourth-order valence-corrected chi connectivity index (χ4v) is 9.30. The van der Waals surface area contributed by atoms with Gasteiger partial charge in [-0.15, -0.1) is 0 Å². The second-order valence-corrected chi connectivity index (χ2v) is 20.1. The van der Waals surface area contributed by atoms with Gasteiger partial charge in [0.15, 0.2) is 23.7 Å². The summed E-state index contributed by atoms with van der Waals surface area (Å²) in [6, 6.07) is 3.40. The number of rotatable bonds is 24. The van der Waals surface area contributed by atoms with Crippen LogP contribution in [0.1, 0.15) is 83.6 Å². The lowest BCUT2D eigenvalue weighted by Crippen LogP contribution is -2.63. The molecule has 24 nitrogen and oxygen atoms in total. The molecular weight excluding hydrogens is 1040 g/mol. The molecule has 4 aliphatic rings. The number of halogens is 1. The summed E-state index contributed by atoms with van der Waals surface area (Å²) in [5.41, 5.74) is 10.8. The Morgan fingerprint density at radius 3 is 2.29 bits per heavy atom. The molecule has 5 amide bonds. The number of amides is 5. The number of nitrogens with zero attached hydrogens (tertiary/aromatic N) is 2. The number of alkyl carbamates (subject to hydrolysis) is 2. The lowest BCUT2D eigenvalue weighted by molar-refractivity contribution is -0.163. The van der Waals surface area contributed by atoms with Crippen molar-refractivity contribution in [1.82, 2.24) is 20.9 Å². The second-order valence-electron chi connectivity index (χ2n) is 19.7. The van der Waals surface area contributed by atoms with Gasteiger partial charge in [-0.05, 0) is 69.6 Å². The molecule has 2 saturated heterocycles. The lowest BCUT2D eigenvalue weighted by atomic mass is 9.86. The van der Waals surface area contributed by atoms with Crippen molar-refractivity contribution < 1.29 is 81.6 Å². The van der Waals surface area contributed by atoms with Crippen molar-refractivity contribution in [2.24, 2.45) is 17.4 Å². The van der Waals surface area contributed by atoms with Crippen LogP contribution in [0.5, 0.6) is 5.75 Å². The maximum absolute atomic E-state index is 14.2. The minimum Gasteiger partial charge on any atom is -0.495 e. The van der Waals surface area contributed by atoms with E-state index in [1.165, 1.54) is 32.2 Å². The van der Waals surface area contributed by atoms with Gasteiger partial charge in [0, 0.05) is 52.4 Å². The molecular formula is C53H80ClN7O17. The van der Waals surface area contributed by atoms with E-state index in [1.54, 1.807) is 31.2 Å². The van der Waals surface area contributed by atoms with Gasteiger partial charge in [-0.1, -0.05) is 54.5 Å². The van der Waals surface area contributed by atoms with Crippen LogP contribution >= 0.6 is 11.6 Å². The van der Waals surface area contributed by atoms with Crippen molar-refractivity contribution in [3.05, 3.63) is 58.7 Å². The molecule has 1 aromatic carbocycles. The Morgan fingerprint density at radius 2 is 1.62 bits per heavy atom. The molecule has 9 N–H and O–H groups in total. The van der Waals surface area contributed by atoms with Crippen LogP contribution in [0.15, 0.2) is 48.1 Å². The van der Waals surface area contributed by atoms with Crippen LogP contribution in [0, 0.1) is 5.92 Å². The van der Waals surface area contributed by atoms with E-state index < -0.39 is 84.3 Å². The fraction of sp³-hybridized carbons (Fsp3) is 0.660. The number of nitrogens with one attached hydrogen (secondary N) is 3.